The monoisotopic (exact) mass is 316 g/mol. The number of benzene rings is 1. The first kappa shape index (κ1) is 14.8. The second-order valence-corrected chi connectivity index (χ2v) is 7.01. The molecule has 124 valence electrons. The van der Waals surface area contributed by atoms with E-state index in [1.807, 2.05) is 23.1 Å². The van der Waals surface area contributed by atoms with Gasteiger partial charge < -0.3 is 14.4 Å². The fraction of sp³-hybridized carbons (Fsp3) is 0.611. The lowest BCUT2D eigenvalue weighted by Gasteiger charge is -2.32. The second-order valence-electron chi connectivity index (χ2n) is 7.01. The topological polar surface area (TPSA) is 42.0 Å². The van der Waals surface area contributed by atoms with Gasteiger partial charge in [-0.1, -0.05) is 6.07 Å². The third-order valence-corrected chi connectivity index (χ3v) is 5.35. The highest BCUT2D eigenvalue weighted by Crippen LogP contribution is 2.37. The molecule has 0 radical (unpaired) electrons. The molecule has 3 aliphatic heterocycles. The Bertz CT molecular complexity index is 616. The number of amides is 1. The van der Waals surface area contributed by atoms with Crippen LogP contribution in [-0.2, 0) is 0 Å². The van der Waals surface area contributed by atoms with E-state index in [1.165, 1.54) is 12.8 Å². The van der Waals surface area contributed by atoms with E-state index < -0.39 is 0 Å². The minimum absolute atomic E-state index is 0.0728. The van der Waals surface area contributed by atoms with Gasteiger partial charge in [0.2, 0.25) is 6.79 Å². The quantitative estimate of drug-likeness (QED) is 0.841. The van der Waals surface area contributed by atoms with Crippen LogP contribution in [0.25, 0.3) is 0 Å². The standard InChI is InChI=1S/C18H24N2O3/c1-12(2)20-13-6-7-14(20)10-19(9-8-13)18(21)15-4-3-5-16-17(15)23-11-22-16/h3-5,12-14H,6-11H2,1-2H3/t13-,14-/m0/s1. The summed E-state index contributed by atoms with van der Waals surface area (Å²) in [5.74, 6) is 1.35. The van der Waals surface area contributed by atoms with Gasteiger partial charge in [0.05, 0.1) is 5.56 Å². The maximum absolute atomic E-state index is 13.0. The zero-order valence-corrected chi connectivity index (χ0v) is 13.8. The Morgan fingerprint density at radius 2 is 2.00 bits per heavy atom. The predicted octanol–water partition coefficient (Wildman–Crippen LogP) is 2.50. The molecule has 2 bridgehead atoms. The first-order valence-electron chi connectivity index (χ1n) is 8.60. The van der Waals surface area contributed by atoms with Gasteiger partial charge in [-0.15, -0.1) is 0 Å². The zero-order valence-electron chi connectivity index (χ0n) is 13.8. The van der Waals surface area contributed by atoms with E-state index in [0.717, 1.165) is 19.5 Å². The molecule has 3 heterocycles. The summed E-state index contributed by atoms with van der Waals surface area (Å²) in [5.41, 5.74) is 0.633. The SMILES string of the molecule is CC(C)N1[C@H]2CC[C@H]1CN(C(=O)c1cccc3c1OCO3)CC2. The molecule has 5 nitrogen and oxygen atoms in total. The summed E-state index contributed by atoms with van der Waals surface area (Å²) >= 11 is 0. The lowest BCUT2D eigenvalue weighted by Crippen LogP contribution is -2.44. The van der Waals surface area contributed by atoms with Crippen LogP contribution in [0.1, 0.15) is 43.5 Å². The Kier molecular flexibility index (Phi) is 3.68. The molecule has 3 aliphatic rings. The second kappa shape index (κ2) is 5.71. The summed E-state index contributed by atoms with van der Waals surface area (Å²) in [6, 6.07) is 7.22. The summed E-state index contributed by atoms with van der Waals surface area (Å²) < 4.78 is 10.9. The van der Waals surface area contributed by atoms with E-state index >= 15 is 0 Å². The van der Waals surface area contributed by atoms with Crippen LogP contribution in [0.4, 0.5) is 0 Å². The van der Waals surface area contributed by atoms with Crippen molar-refractivity contribution in [2.24, 2.45) is 0 Å². The molecule has 0 saturated carbocycles. The van der Waals surface area contributed by atoms with E-state index in [4.69, 9.17) is 9.47 Å². The lowest BCUT2D eigenvalue weighted by molar-refractivity contribution is 0.0724. The van der Waals surface area contributed by atoms with Crippen molar-refractivity contribution in [3.63, 3.8) is 0 Å². The molecular formula is C18H24N2O3. The number of fused-ring (bicyclic) bond motifs is 3. The largest absolute Gasteiger partial charge is 0.454 e. The molecule has 5 heteroatoms. The van der Waals surface area contributed by atoms with Crippen LogP contribution in [0.3, 0.4) is 0 Å². The normalized spacial score (nSPS) is 26.7. The maximum atomic E-state index is 13.0. The van der Waals surface area contributed by atoms with Crippen molar-refractivity contribution in [3.8, 4) is 11.5 Å². The van der Waals surface area contributed by atoms with Crippen LogP contribution in [0.5, 0.6) is 11.5 Å². The van der Waals surface area contributed by atoms with Gasteiger partial charge in [-0.3, -0.25) is 9.69 Å². The summed E-state index contributed by atoms with van der Waals surface area (Å²) in [6.45, 7) is 6.37. The molecule has 1 aromatic rings. The Hall–Kier alpha value is -1.75. The molecule has 1 amide bonds. The number of nitrogens with zero attached hydrogens (tertiary/aromatic N) is 2. The van der Waals surface area contributed by atoms with Gasteiger partial charge in [-0.05, 0) is 45.2 Å². The molecule has 23 heavy (non-hydrogen) atoms. The zero-order chi connectivity index (χ0) is 16.0. The van der Waals surface area contributed by atoms with Crippen molar-refractivity contribution >= 4 is 5.91 Å². The third kappa shape index (κ3) is 2.47. The molecule has 1 aromatic carbocycles. The molecule has 4 rings (SSSR count). The van der Waals surface area contributed by atoms with E-state index in [-0.39, 0.29) is 12.7 Å². The van der Waals surface area contributed by atoms with E-state index in [9.17, 15) is 4.79 Å². The highest BCUT2D eigenvalue weighted by Gasteiger charge is 2.40. The van der Waals surface area contributed by atoms with Crippen molar-refractivity contribution in [1.29, 1.82) is 0 Å². The highest BCUT2D eigenvalue weighted by atomic mass is 16.7. The van der Waals surface area contributed by atoms with Crippen molar-refractivity contribution in [2.75, 3.05) is 19.9 Å². The summed E-state index contributed by atoms with van der Waals surface area (Å²) in [5, 5.41) is 0. The van der Waals surface area contributed by atoms with Gasteiger partial charge in [-0.2, -0.15) is 0 Å². The Morgan fingerprint density at radius 3 is 2.83 bits per heavy atom. The lowest BCUT2D eigenvalue weighted by atomic mass is 10.1. The molecular weight excluding hydrogens is 292 g/mol. The fourth-order valence-corrected chi connectivity index (χ4v) is 4.41. The molecule has 0 aliphatic carbocycles. The van der Waals surface area contributed by atoms with E-state index in [2.05, 4.69) is 18.7 Å². The van der Waals surface area contributed by atoms with Gasteiger partial charge in [-0.25, -0.2) is 0 Å². The van der Waals surface area contributed by atoms with E-state index in [1.54, 1.807) is 0 Å². The molecule has 2 fully saturated rings. The maximum Gasteiger partial charge on any atom is 0.257 e. The van der Waals surface area contributed by atoms with E-state index in [0.29, 0.717) is 35.2 Å². The minimum Gasteiger partial charge on any atom is -0.454 e. The number of ether oxygens (including phenoxy) is 2. The molecule has 0 aromatic heterocycles. The average molecular weight is 316 g/mol. The molecule has 0 N–H and O–H groups in total. The summed E-state index contributed by atoms with van der Waals surface area (Å²) in [4.78, 5) is 17.7. The highest BCUT2D eigenvalue weighted by molar-refractivity contribution is 5.98. The third-order valence-electron chi connectivity index (χ3n) is 5.35. The summed E-state index contributed by atoms with van der Waals surface area (Å²) in [7, 11) is 0. The number of carbonyl (C=O) groups excluding carboxylic acids is 1. The van der Waals surface area contributed by atoms with Crippen molar-refractivity contribution in [2.45, 2.75) is 51.2 Å². The molecule has 2 atom stereocenters. The van der Waals surface area contributed by atoms with Gasteiger partial charge in [0.25, 0.3) is 5.91 Å². The Labute approximate surface area is 137 Å². The Morgan fingerprint density at radius 1 is 1.17 bits per heavy atom. The molecule has 0 unspecified atom stereocenters. The number of hydrogen-bond acceptors (Lipinski definition) is 4. The van der Waals surface area contributed by atoms with Crippen LogP contribution in [0.2, 0.25) is 0 Å². The van der Waals surface area contributed by atoms with Crippen molar-refractivity contribution < 1.29 is 14.3 Å². The van der Waals surface area contributed by atoms with Gasteiger partial charge in [0, 0.05) is 31.2 Å². The first-order chi connectivity index (χ1) is 11.1. The minimum atomic E-state index is 0.0728. The number of hydrogen-bond donors (Lipinski definition) is 0. The number of rotatable bonds is 2. The van der Waals surface area contributed by atoms with Crippen LogP contribution in [-0.4, -0.2) is 53.7 Å². The molecule has 2 saturated heterocycles. The Balaban J connectivity index is 1.57. The van der Waals surface area contributed by atoms with Gasteiger partial charge >= 0.3 is 0 Å². The number of carbonyl (C=O) groups is 1. The first-order valence-corrected chi connectivity index (χ1v) is 8.60. The van der Waals surface area contributed by atoms with Gasteiger partial charge in [0.15, 0.2) is 11.5 Å². The fourth-order valence-electron chi connectivity index (χ4n) is 4.41. The number of para-hydroxylation sites is 1. The van der Waals surface area contributed by atoms with Crippen LogP contribution >= 0.6 is 0 Å². The van der Waals surface area contributed by atoms with Crippen LogP contribution < -0.4 is 9.47 Å². The number of likely N-dealkylation sites (tertiary alicyclic amines) is 1. The van der Waals surface area contributed by atoms with Crippen molar-refractivity contribution in [1.82, 2.24) is 9.80 Å². The summed E-state index contributed by atoms with van der Waals surface area (Å²) in [6.07, 6.45) is 3.52. The average Bonchev–Trinajstić information content (AvgIpc) is 3.10. The van der Waals surface area contributed by atoms with Crippen LogP contribution in [0.15, 0.2) is 18.2 Å². The van der Waals surface area contributed by atoms with Crippen molar-refractivity contribution in [3.05, 3.63) is 23.8 Å². The smallest absolute Gasteiger partial charge is 0.257 e. The predicted molar refractivity (Wildman–Crippen MR) is 86.9 cm³/mol. The van der Waals surface area contributed by atoms with Gasteiger partial charge in [0.1, 0.15) is 0 Å². The van der Waals surface area contributed by atoms with Crippen LogP contribution in [0, 0.1) is 0 Å². The molecule has 0 spiro atoms.